The van der Waals surface area contributed by atoms with Crippen molar-refractivity contribution in [2.45, 2.75) is 19.6 Å². The van der Waals surface area contributed by atoms with Crippen molar-refractivity contribution in [3.8, 4) is 0 Å². The number of amides is 2. The van der Waals surface area contributed by atoms with Crippen LogP contribution in [-0.2, 0) is 24.4 Å². The molecule has 0 radical (unpaired) electrons. The zero-order valence-corrected chi connectivity index (χ0v) is 14.3. The minimum atomic E-state index is -0.0750. The number of ether oxygens (including phenoxy) is 1. The molecule has 1 aliphatic rings. The number of hydrogen-bond donors (Lipinski definition) is 1. The van der Waals surface area contributed by atoms with E-state index in [2.05, 4.69) is 21.4 Å². The zero-order valence-electron chi connectivity index (χ0n) is 14.3. The molecular formula is C19H24N4O2. The molecule has 0 saturated carbocycles. The molecule has 3 rings (SSSR count). The monoisotopic (exact) mass is 340 g/mol. The summed E-state index contributed by atoms with van der Waals surface area (Å²) in [4.78, 5) is 18.9. The minimum Gasteiger partial charge on any atom is -0.377 e. The topological polar surface area (TPSA) is 59.4 Å². The van der Waals surface area contributed by atoms with Crippen molar-refractivity contribution in [3.63, 3.8) is 0 Å². The van der Waals surface area contributed by atoms with Gasteiger partial charge in [0.1, 0.15) is 5.82 Å². The van der Waals surface area contributed by atoms with Gasteiger partial charge in [-0.1, -0.05) is 36.4 Å². The Morgan fingerprint density at radius 1 is 1.36 bits per heavy atom. The minimum absolute atomic E-state index is 0.0750. The Kier molecular flexibility index (Phi) is 5.85. The van der Waals surface area contributed by atoms with Gasteiger partial charge in [0, 0.05) is 37.9 Å². The molecule has 0 unspecified atom stereocenters. The molecule has 2 amide bonds. The Labute approximate surface area is 148 Å². The molecule has 25 heavy (non-hydrogen) atoms. The second-order valence-corrected chi connectivity index (χ2v) is 6.21. The molecule has 6 nitrogen and oxygen atoms in total. The average molecular weight is 340 g/mol. The first-order chi connectivity index (χ1) is 12.3. The lowest BCUT2D eigenvalue weighted by Crippen LogP contribution is -2.41. The van der Waals surface area contributed by atoms with Crippen LogP contribution in [0.25, 0.3) is 0 Å². The summed E-state index contributed by atoms with van der Waals surface area (Å²) >= 11 is 0. The molecule has 0 aliphatic carbocycles. The van der Waals surface area contributed by atoms with E-state index in [9.17, 15) is 4.79 Å². The highest BCUT2D eigenvalue weighted by atomic mass is 16.5. The van der Waals surface area contributed by atoms with E-state index in [4.69, 9.17) is 4.74 Å². The molecule has 1 atom stereocenters. The molecule has 0 spiro atoms. The van der Waals surface area contributed by atoms with E-state index in [-0.39, 0.29) is 11.9 Å². The van der Waals surface area contributed by atoms with Crippen LogP contribution >= 0.6 is 0 Å². The molecule has 1 aromatic heterocycles. The number of aromatic nitrogens is 2. The van der Waals surface area contributed by atoms with E-state index < -0.39 is 0 Å². The maximum atomic E-state index is 12.7. The first-order valence-corrected chi connectivity index (χ1v) is 8.51. The summed E-state index contributed by atoms with van der Waals surface area (Å²) < 4.78 is 7.72. The Hall–Kier alpha value is -2.60. The van der Waals surface area contributed by atoms with Gasteiger partial charge in [0.05, 0.1) is 19.8 Å². The Morgan fingerprint density at radius 2 is 2.20 bits per heavy atom. The SMILES string of the molecule is C=CCOC[C@H]1CN(C(=O)NCc2ccccc2)Cc2nccn2C1. The normalized spacial score (nSPS) is 16.8. The van der Waals surface area contributed by atoms with Gasteiger partial charge in [-0.3, -0.25) is 0 Å². The summed E-state index contributed by atoms with van der Waals surface area (Å²) in [5, 5.41) is 3.00. The van der Waals surface area contributed by atoms with Crippen molar-refractivity contribution < 1.29 is 9.53 Å². The van der Waals surface area contributed by atoms with E-state index in [1.165, 1.54) is 0 Å². The van der Waals surface area contributed by atoms with Crippen LogP contribution in [0.4, 0.5) is 4.79 Å². The van der Waals surface area contributed by atoms with Crippen LogP contribution in [0, 0.1) is 5.92 Å². The fourth-order valence-electron chi connectivity index (χ4n) is 3.00. The molecule has 0 fully saturated rings. The molecule has 1 N–H and O–H groups in total. The van der Waals surface area contributed by atoms with Crippen LogP contribution in [0.2, 0.25) is 0 Å². The van der Waals surface area contributed by atoms with Crippen LogP contribution in [0.5, 0.6) is 0 Å². The predicted octanol–water partition coefficient (Wildman–Crippen LogP) is 2.43. The molecule has 0 bridgehead atoms. The average Bonchev–Trinajstić information content (AvgIpc) is 2.99. The smallest absolute Gasteiger partial charge is 0.318 e. The lowest BCUT2D eigenvalue weighted by atomic mass is 10.1. The first kappa shape index (κ1) is 17.2. The number of rotatable bonds is 6. The van der Waals surface area contributed by atoms with E-state index in [0.717, 1.165) is 17.9 Å². The fraction of sp³-hybridized carbons (Fsp3) is 0.368. The van der Waals surface area contributed by atoms with Crippen LogP contribution < -0.4 is 5.32 Å². The van der Waals surface area contributed by atoms with Gasteiger partial charge in [-0.15, -0.1) is 6.58 Å². The van der Waals surface area contributed by atoms with Crippen molar-refractivity contribution in [3.05, 3.63) is 66.8 Å². The molecule has 0 saturated heterocycles. The number of carbonyl (C=O) groups is 1. The Balaban J connectivity index is 1.64. The summed E-state index contributed by atoms with van der Waals surface area (Å²) in [5.41, 5.74) is 1.08. The van der Waals surface area contributed by atoms with Crippen molar-refractivity contribution in [2.24, 2.45) is 5.92 Å². The van der Waals surface area contributed by atoms with Gasteiger partial charge in [-0.25, -0.2) is 9.78 Å². The summed E-state index contributed by atoms with van der Waals surface area (Å²) in [6.45, 7) is 7.24. The predicted molar refractivity (Wildman–Crippen MR) is 95.8 cm³/mol. The molecule has 1 aliphatic heterocycles. The van der Waals surface area contributed by atoms with Gasteiger partial charge in [-0.2, -0.15) is 0 Å². The molecule has 2 aromatic rings. The highest BCUT2D eigenvalue weighted by Gasteiger charge is 2.25. The maximum Gasteiger partial charge on any atom is 0.318 e. The summed E-state index contributed by atoms with van der Waals surface area (Å²) in [6, 6.07) is 9.83. The van der Waals surface area contributed by atoms with Gasteiger partial charge in [0.25, 0.3) is 0 Å². The number of imidazole rings is 1. The van der Waals surface area contributed by atoms with Gasteiger partial charge in [0.2, 0.25) is 0 Å². The molecular weight excluding hydrogens is 316 g/mol. The third kappa shape index (κ3) is 4.70. The van der Waals surface area contributed by atoms with Gasteiger partial charge < -0.3 is 19.5 Å². The summed E-state index contributed by atoms with van der Waals surface area (Å²) in [6.07, 6.45) is 5.48. The maximum absolute atomic E-state index is 12.7. The molecule has 132 valence electrons. The van der Waals surface area contributed by atoms with Gasteiger partial charge in [0.15, 0.2) is 0 Å². The molecule has 2 heterocycles. The van der Waals surface area contributed by atoms with E-state index in [1.807, 2.05) is 41.4 Å². The lowest BCUT2D eigenvalue weighted by Gasteiger charge is -2.24. The number of nitrogens with one attached hydrogen (secondary N) is 1. The van der Waals surface area contributed by atoms with Crippen LogP contribution in [0.3, 0.4) is 0 Å². The highest BCUT2D eigenvalue weighted by molar-refractivity contribution is 5.74. The Bertz CT molecular complexity index is 698. The standard InChI is InChI=1S/C19H24N4O2/c1-2-10-25-15-17-12-22-9-8-20-18(22)14-23(13-17)19(24)21-11-16-6-4-3-5-7-16/h2-9,17H,1,10-15H2,(H,21,24)/t17-/m1/s1. The van der Waals surface area contributed by atoms with Crippen molar-refractivity contribution in [1.82, 2.24) is 19.8 Å². The quantitative estimate of drug-likeness (QED) is 0.649. The number of nitrogens with zero attached hydrogens (tertiary/aromatic N) is 3. The number of benzene rings is 1. The number of urea groups is 1. The second kappa shape index (κ2) is 8.48. The third-order valence-corrected chi connectivity index (χ3v) is 4.23. The van der Waals surface area contributed by atoms with E-state index in [0.29, 0.717) is 32.8 Å². The van der Waals surface area contributed by atoms with Crippen molar-refractivity contribution in [1.29, 1.82) is 0 Å². The van der Waals surface area contributed by atoms with Crippen LogP contribution in [0.1, 0.15) is 11.4 Å². The van der Waals surface area contributed by atoms with E-state index >= 15 is 0 Å². The summed E-state index contributed by atoms with van der Waals surface area (Å²) in [7, 11) is 0. The fourth-order valence-corrected chi connectivity index (χ4v) is 3.00. The number of fused-ring (bicyclic) bond motifs is 1. The van der Waals surface area contributed by atoms with Gasteiger partial charge in [-0.05, 0) is 5.56 Å². The summed E-state index contributed by atoms with van der Waals surface area (Å²) in [5.74, 6) is 1.12. The second-order valence-electron chi connectivity index (χ2n) is 6.21. The zero-order chi connectivity index (χ0) is 17.5. The highest BCUT2D eigenvalue weighted by Crippen LogP contribution is 2.16. The number of hydrogen-bond acceptors (Lipinski definition) is 3. The number of carbonyl (C=O) groups excluding carboxylic acids is 1. The lowest BCUT2D eigenvalue weighted by molar-refractivity contribution is 0.101. The largest absolute Gasteiger partial charge is 0.377 e. The van der Waals surface area contributed by atoms with Crippen molar-refractivity contribution in [2.75, 3.05) is 19.8 Å². The van der Waals surface area contributed by atoms with Crippen molar-refractivity contribution >= 4 is 6.03 Å². The van der Waals surface area contributed by atoms with Gasteiger partial charge >= 0.3 is 6.03 Å². The van der Waals surface area contributed by atoms with Crippen LogP contribution in [-0.4, -0.2) is 40.2 Å². The molecule has 1 aromatic carbocycles. The molecule has 6 heteroatoms. The van der Waals surface area contributed by atoms with Crippen LogP contribution in [0.15, 0.2) is 55.4 Å². The Morgan fingerprint density at radius 3 is 3.00 bits per heavy atom. The van der Waals surface area contributed by atoms with E-state index in [1.54, 1.807) is 12.3 Å². The third-order valence-electron chi connectivity index (χ3n) is 4.23. The first-order valence-electron chi connectivity index (χ1n) is 8.51.